The Kier molecular flexibility index (Phi) is 24.1. The fraction of sp³-hybridized carbons (Fsp3) is 0.580. The Labute approximate surface area is 393 Å². The number of ether oxygens (including phenoxy) is 3. The van der Waals surface area contributed by atoms with E-state index in [9.17, 15) is 33.6 Å². The van der Waals surface area contributed by atoms with E-state index in [0.29, 0.717) is 45.6 Å². The molecule has 14 heteroatoms. The highest BCUT2D eigenvalue weighted by Crippen LogP contribution is 2.24. The summed E-state index contributed by atoms with van der Waals surface area (Å²) < 4.78 is 16.4. The third-order valence-electron chi connectivity index (χ3n) is 11.0. The van der Waals surface area contributed by atoms with Crippen molar-refractivity contribution in [1.29, 1.82) is 0 Å². The number of esters is 1. The number of morpholine rings is 1. The second-order valence-electron chi connectivity index (χ2n) is 17.7. The molecule has 1 saturated heterocycles. The maximum atomic E-state index is 14.5. The molecular weight excluding hydrogens is 929 g/mol. The minimum Gasteiger partial charge on any atom is -0.449 e. The number of hydrogen-bond acceptors (Lipinski definition) is 11. The molecule has 1 aliphatic rings. The number of Topliss-reactive ketones (excluding diaryl/α,β-unsaturated/α-hetero) is 4. The predicted octanol–water partition coefficient (Wildman–Crippen LogP) is 5.71. The maximum Gasteiger partial charge on any atom is 0.333 e. The number of benzene rings is 2. The molecule has 0 unspecified atom stereocenters. The molecule has 0 radical (unpaired) electrons. The van der Waals surface area contributed by atoms with Crippen LogP contribution >= 0.6 is 22.6 Å². The summed E-state index contributed by atoms with van der Waals surface area (Å²) in [6, 6.07) is 17.0. The zero-order valence-corrected chi connectivity index (χ0v) is 40.4. The number of carbonyl (C=O) groups excluding carboxylic acids is 7. The molecule has 1 heterocycles. The highest BCUT2D eigenvalue weighted by molar-refractivity contribution is 14.1. The molecule has 1 fully saturated rings. The summed E-state index contributed by atoms with van der Waals surface area (Å²) in [6.45, 7) is 10.9. The molecule has 0 aromatic heterocycles. The lowest BCUT2D eigenvalue weighted by atomic mass is 9.87. The fourth-order valence-corrected chi connectivity index (χ4v) is 8.08. The molecule has 0 saturated carbocycles. The summed E-state index contributed by atoms with van der Waals surface area (Å²) in [5, 5.41) is 5.94. The third-order valence-corrected chi connectivity index (χ3v) is 12.5. The largest absolute Gasteiger partial charge is 0.449 e. The van der Waals surface area contributed by atoms with Gasteiger partial charge in [0.2, 0.25) is 11.8 Å². The van der Waals surface area contributed by atoms with Crippen LogP contribution in [-0.4, -0.2) is 114 Å². The van der Waals surface area contributed by atoms with Crippen molar-refractivity contribution in [1.82, 2.24) is 15.5 Å². The molecular formula is C50H68IN3O10. The van der Waals surface area contributed by atoms with Crippen LogP contribution in [0.3, 0.4) is 0 Å². The van der Waals surface area contributed by atoms with Crippen LogP contribution < -0.4 is 10.6 Å². The first-order chi connectivity index (χ1) is 30.5. The first-order valence-corrected chi connectivity index (χ1v) is 23.9. The number of alkyl halides is 1. The minimum atomic E-state index is -1.65. The Morgan fingerprint density at radius 1 is 0.797 bits per heavy atom. The summed E-state index contributed by atoms with van der Waals surface area (Å²) in [4.78, 5) is 97.7. The minimum absolute atomic E-state index is 0.00225. The standard InChI is InChI=1S/C50H68IN3O10/c1-7-8-19-41(55)32-63-33-46(58)64-50(6,34-51)47(59)44(27-36(4)5)53-49(61)40(28-38-17-13-10-14-18-38)30-45(57)43(26-35(2)3)52-48(60)39(21-20-37-15-11-9-12-16-37)29-42(56)31-54-22-24-62-25-23-54/h1,9-18,35-36,39-40,43-44H,8,19-34H2,2-6H3,(H,52,60)(H,53,61)/t39-,40-,43+,44+,50-/m1/s1. The number of nitrogens with one attached hydrogen (secondary N) is 2. The number of nitrogens with zero attached hydrogens (tertiary/aromatic N) is 1. The van der Waals surface area contributed by atoms with Gasteiger partial charge in [0.25, 0.3) is 0 Å². The predicted molar refractivity (Wildman–Crippen MR) is 253 cm³/mol. The van der Waals surface area contributed by atoms with Gasteiger partial charge in [-0.15, -0.1) is 12.3 Å². The third kappa shape index (κ3) is 19.8. The van der Waals surface area contributed by atoms with Crippen molar-refractivity contribution >= 4 is 63.5 Å². The molecule has 0 bridgehead atoms. The molecule has 2 aromatic carbocycles. The molecule has 64 heavy (non-hydrogen) atoms. The zero-order valence-electron chi connectivity index (χ0n) is 38.2. The SMILES string of the molecule is C#CCCC(=O)COCC(=O)O[C@](C)(CI)C(=O)[C@H](CC(C)C)NC(=O)[C@@H](CC(=O)[C@H](CC(C)C)NC(=O)[C@H](CCc1ccccc1)CC(=O)CN1CCOCC1)Cc1ccccc1. The van der Waals surface area contributed by atoms with E-state index >= 15 is 0 Å². The molecule has 5 atom stereocenters. The average molecular weight is 998 g/mol. The number of halogens is 1. The zero-order chi connectivity index (χ0) is 47.1. The molecule has 13 nitrogen and oxygen atoms in total. The Bertz CT molecular complexity index is 1860. The summed E-state index contributed by atoms with van der Waals surface area (Å²) in [5.74, 6) is -2.24. The Morgan fingerprint density at radius 2 is 1.38 bits per heavy atom. The highest BCUT2D eigenvalue weighted by atomic mass is 127. The number of aryl methyl sites for hydroxylation is 1. The molecule has 0 spiro atoms. The quantitative estimate of drug-likeness (QED) is 0.0425. The number of rotatable bonds is 30. The maximum absolute atomic E-state index is 14.5. The number of ketones is 4. The summed E-state index contributed by atoms with van der Waals surface area (Å²) in [5.41, 5.74) is 0.181. The van der Waals surface area contributed by atoms with Gasteiger partial charge in [0.1, 0.15) is 19.0 Å². The Morgan fingerprint density at radius 3 is 1.97 bits per heavy atom. The van der Waals surface area contributed by atoms with Gasteiger partial charge < -0.3 is 24.8 Å². The van der Waals surface area contributed by atoms with Crippen molar-refractivity contribution in [3.8, 4) is 12.3 Å². The lowest BCUT2D eigenvalue weighted by Gasteiger charge is -2.32. The van der Waals surface area contributed by atoms with E-state index < -0.39 is 53.8 Å². The van der Waals surface area contributed by atoms with Gasteiger partial charge in [0, 0.05) is 55.0 Å². The number of terminal acetylenes is 1. The van der Waals surface area contributed by atoms with Crippen molar-refractivity contribution in [2.75, 3.05) is 50.5 Å². The van der Waals surface area contributed by atoms with Gasteiger partial charge >= 0.3 is 5.97 Å². The van der Waals surface area contributed by atoms with Crippen LogP contribution in [0.5, 0.6) is 0 Å². The second kappa shape index (κ2) is 28.6. The van der Waals surface area contributed by atoms with Crippen molar-refractivity contribution in [3.05, 3.63) is 71.8 Å². The van der Waals surface area contributed by atoms with Gasteiger partial charge in [-0.05, 0) is 62.0 Å². The van der Waals surface area contributed by atoms with Crippen LogP contribution in [0.1, 0.15) is 90.7 Å². The van der Waals surface area contributed by atoms with E-state index in [0.717, 1.165) is 11.1 Å². The number of carbonyl (C=O) groups is 7. The van der Waals surface area contributed by atoms with Crippen molar-refractivity contribution in [2.24, 2.45) is 23.7 Å². The smallest absolute Gasteiger partial charge is 0.333 e. The topological polar surface area (TPSA) is 174 Å². The molecule has 2 aromatic rings. The monoisotopic (exact) mass is 997 g/mol. The van der Waals surface area contributed by atoms with Gasteiger partial charge in [0.15, 0.2) is 23.0 Å². The van der Waals surface area contributed by atoms with E-state index in [1.165, 1.54) is 6.92 Å². The van der Waals surface area contributed by atoms with Crippen LogP contribution in [0.15, 0.2) is 60.7 Å². The van der Waals surface area contributed by atoms with Crippen LogP contribution in [-0.2, 0) is 60.6 Å². The van der Waals surface area contributed by atoms with Crippen molar-refractivity contribution in [2.45, 2.75) is 110 Å². The Balaban J connectivity index is 1.84. The molecule has 1 aliphatic heterocycles. The van der Waals surface area contributed by atoms with Crippen molar-refractivity contribution in [3.63, 3.8) is 0 Å². The van der Waals surface area contributed by atoms with Crippen molar-refractivity contribution < 1.29 is 47.8 Å². The molecule has 2 amide bonds. The molecule has 3 rings (SSSR count). The van der Waals surface area contributed by atoms with E-state index in [1.54, 1.807) is 0 Å². The van der Waals surface area contributed by atoms with Gasteiger partial charge in [-0.1, -0.05) is 111 Å². The van der Waals surface area contributed by atoms with Gasteiger partial charge in [-0.2, -0.15) is 0 Å². The van der Waals surface area contributed by atoms with E-state index in [1.807, 2.05) is 116 Å². The fourth-order valence-electron chi connectivity index (χ4n) is 7.55. The average Bonchev–Trinajstić information content (AvgIpc) is 3.26. The van der Waals surface area contributed by atoms with Gasteiger partial charge in [-0.3, -0.25) is 33.7 Å². The van der Waals surface area contributed by atoms with E-state index in [2.05, 4.69) is 16.6 Å². The number of hydrogen-bond donors (Lipinski definition) is 2. The summed E-state index contributed by atoms with van der Waals surface area (Å²) in [6.07, 6.45) is 7.06. The highest BCUT2D eigenvalue weighted by Gasteiger charge is 2.42. The van der Waals surface area contributed by atoms with Gasteiger partial charge in [0.05, 0.1) is 31.8 Å². The van der Waals surface area contributed by atoms with E-state index in [4.69, 9.17) is 20.6 Å². The van der Waals surface area contributed by atoms with E-state index in [-0.39, 0.29) is 91.2 Å². The van der Waals surface area contributed by atoms with Crippen LogP contribution in [0.25, 0.3) is 0 Å². The molecule has 2 N–H and O–H groups in total. The summed E-state index contributed by atoms with van der Waals surface area (Å²) in [7, 11) is 0. The lowest BCUT2D eigenvalue weighted by molar-refractivity contribution is -0.168. The molecule has 350 valence electrons. The summed E-state index contributed by atoms with van der Waals surface area (Å²) >= 11 is 1.95. The first kappa shape index (κ1) is 54.0. The number of amides is 2. The lowest BCUT2D eigenvalue weighted by Crippen LogP contribution is -2.55. The first-order valence-electron chi connectivity index (χ1n) is 22.4. The second-order valence-corrected chi connectivity index (χ2v) is 18.5. The van der Waals surface area contributed by atoms with Crippen LogP contribution in [0.4, 0.5) is 0 Å². The molecule has 0 aliphatic carbocycles. The van der Waals surface area contributed by atoms with Crippen LogP contribution in [0, 0.1) is 36.0 Å². The normalized spacial score (nSPS) is 15.8. The van der Waals surface area contributed by atoms with Gasteiger partial charge in [-0.25, -0.2) is 4.79 Å². The van der Waals surface area contributed by atoms with Crippen LogP contribution in [0.2, 0.25) is 0 Å². The Hall–Kier alpha value is -4.30.